The first-order valence-electron chi connectivity index (χ1n) is 3.32. The van der Waals surface area contributed by atoms with Crippen LogP contribution in [0.4, 0.5) is 4.39 Å². The van der Waals surface area contributed by atoms with Crippen molar-refractivity contribution in [1.29, 1.82) is 0 Å². The highest BCUT2D eigenvalue weighted by molar-refractivity contribution is 9.10. The van der Waals surface area contributed by atoms with Crippen molar-refractivity contribution in [1.82, 2.24) is 0 Å². The Morgan fingerprint density at radius 2 is 2.23 bits per heavy atom. The Hall–Kier alpha value is -1.10. The number of carbonyl (C=O) groups is 1. The van der Waals surface area contributed by atoms with Crippen molar-refractivity contribution in [2.24, 2.45) is 0 Å². The summed E-state index contributed by atoms with van der Waals surface area (Å²) in [5.41, 5.74) is -0.141. The molecule has 0 bridgehead atoms. The predicted octanol–water partition coefficient (Wildman–Crippen LogP) is 2.29. The zero-order chi connectivity index (χ0) is 10.0. The van der Waals surface area contributed by atoms with Crippen molar-refractivity contribution in [2.75, 3.05) is 7.11 Å². The molecule has 0 heterocycles. The van der Waals surface area contributed by atoms with Gasteiger partial charge in [0, 0.05) is 0 Å². The predicted molar refractivity (Wildman–Crippen MR) is 47.6 cm³/mol. The number of carboxylic acid groups (broad SMARTS) is 1. The van der Waals surface area contributed by atoms with Crippen molar-refractivity contribution in [3.63, 3.8) is 0 Å². The number of halogens is 2. The fourth-order valence-electron chi connectivity index (χ4n) is 0.836. The number of benzene rings is 1. The molecular weight excluding hydrogens is 243 g/mol. The van der Waals surface area contributed by atoms with Crippen LogP contribution in [0.2, 0.25) is 0 Å². The van der Waals surface area contributed by atoms with Gasteiger partial charge in [0.1, 0.15) is 11.6 Å². The summed E-state index contributed by atoms with van der Waals surface area (Å²) in [7, 11) is 1.34. The summed E-state index contributed by atoms with van der Waals surface area (Å²) in [6.07, 6.45) is 0. The average molecular weight is 249 g/mol. The molecule has 13 heavy (non-hydrogen) atoms. The molecular formula is C8H6BrFO3. The van der Waals surface area contributed by atoms with Crippen LogP contribution in [0.5, 0.6) is 5.75 Å². The molecule has 1 aromatic rings. The second kappa shape index (κ2) is 3.74. The van der Waals surface area contributed by atoms with Crippen LogP contribution in [0.1, 0.15) is 10.4 Å². The van der Waals surface area contributed by atoms with E-state index in [4.69, 9.17) is 9.84 Å². The molecule has 0 spiro atoms. The lowest BCUT2D eigenvalue weighted by Crippen LogP contribution is -1.99. The van der Waals surface area contributed by atoms with Gasteiger partial charge in [0.15, 0.2) is 0 Å². The Balaban J connectivity index is 3.30. The van der Waals surface area contributed by atoms with Gasteiger partial charge in [-0.15, -0.1) is 0 Å². The third-order valence-electron chi connectivity index (χ3n) is 1.46. The molecule has 0 fully saturated rings. The zero-order valence-corrected chi connectivity index (χ0v) is 8.26. The summed E-state index contributed by atoms with van der Waals surface area (Å²) in [4.78, 5) is 10.5. The molecule has 1 aromatic carbocycles. The minimum Gasteiger partial charge on any atom is -0.495 e. The summed E-state index contributed by atoms with van der Waals surface area (Å²) in [5, 5.41) is 8.58. The summed E-state index contributed by atoms with van der Waals surface area (Å²) < 4.78 is 17.9. The van der Waals surface area contributed by atoms with Crippen LogP contribution in [0.3, 0.4) is 0 Å². The van der Waals surface area contributed by atoms with E-state index in [2.05, 4.69) is 15.9 Å². The van der Waals surface area contributed by atoms with E-state index in [9.17, 15) is 9.18 Å². The molecule has 0 aliphatic rings. The molecule has 0 aliphatic carbocycles. The van der Waals surface area contributed by atoms with E-state index >= 15 is 0 Å². The number of hydrogen-bond acceptors (Lipinski definition) is 2. The maximum Gasteiger partial charge on any atom is 0.335 e. The molecule has 70 valence electrons. The lowest BCUT2D eigenvalue weighted by molar-refractivity contribution is 0.0696. The lowest BCUT2D eigenvalue weighted by atomic mass is 10.2. The number of rotatable bonds is 2. The third-order valence-corrected chi connectivity index (χ3v) is 2.23. The van der Waals surface area contributed by atoms with Gasteiger partial charge in [-0.05, 0) is 28.1 Å². The van der Waals surface area contributed by atoms with E-state index in [1.54, 1.807) is 0 Å². The SMILES string of the molecule is COc1cc(C(=O)O)cc(F)c1Br. The fourth-order valence-corrected chi connectivity index (χ4v) is 1.23. The Bertz CT molecular complexity index is 351. The van der Waals surface area contributed by atoms with Crippen molar-refractivity contribution in [3.8, 4) is 5.75 Å². The molecule has 0 aromatic heterocycles. The van der Waals surface area contributed by atoms with Crippen LogP contribution in [0, 0.1) is 5.82 Å². The summed E-state index contributed by atoms with van der Waals surface area (Å²) in [6, 6.07) is 2.17. The van der Waals surface area contributed by atoms with Crippen molar-refractivity contribution >= 4 is 21.9 Å². The van der Waals surface area contributed by atoms with Gasteiger partial charge < -0.3 is 9.84 Å². The molecule has 0 radical (unpaired) electrons. The van der Waals surface area contributed by atoms with E-state index < -0.39 is 11.8 Å². The first-order chi connectivity index (χ1) is 6.06. The highest BCUT2D eigenvalue weighted by Gasteiger charge is 2.12. The average Bonchev–Trinajstić information content (AvgIpc) is 2.09. The number of hydrogen-bond donors (Lipinski definition) is 1. The minimum atomic E-state index is -1.19. The van der Waals surface area contributed by atoms with Gasteiger partial charge in [-0.2, -0.15) is 0 Å². The molecule has 0 saturated carbocycles. The first kappa shape index (κ1) is 9.98. The first-order valence-corrected chi connectivity index (χ1v) is 4.12. The van der Waals surface area contributed by atoms with E-state index in [1.807, 2.05) is 0 Å². The van der Waals surface area contributed by atoms with E-state index in [1.165, 1.54) is 13.2 Å². The van der Waals surface area contributed by atoms with Crippen LogP contribution >= 0.6 is 15.9 Å². The zero-order valence-electron chi connectivity index (χ0n) is 6.67. The van der Waals surface area contributed by atoms with Crippen LogP contribution in [-0.2, 0) is 0 Å². The summed E-state index contributed by atoms with van der Waals surface area (Å²) >= 11 is 2.93. The number of carboxylic acids is 1. The Kier molecular flexibility index (Phi) is 2.87. The number of aromatic carboxylic acids is 1. The van der Waals surface area contributed by atoms with Gasteiger partial charge in [0.25, 0.3) is 0 Å². The topological polar surface area (TPSA) is 46.5 Å². The second-order valence-electron chi connectivity index (χ2n) is 2.28. The van der Waals surface area contributed by atoms with E-state index in [-0.39, 0.29) is 15.8 Å². The molecule has 0 aliphatic heterocycles. The number of methoxy groups -OCH3 is 1. The third kappa shape index (κ3) is 1.98. The standard InChI is InChI=1S/C8H6BrFO3/c1-13-6-3-4(8(11)12)2-5(10)7(6)9/h2-3H,1H3,(H,11,12). The van der Waals surface area contributed by atoms with Gasteiger partial charge >= 0.3 is 5.97 Å². The molecule has 0 saturated heterocycles. The molecule has 0 amide bonds. The van der Waals surface area contributed by atoms with Crippen molar-refractivity contribution < 1.29 is 19.0 Å². The molecule has 1 N–H and O–H groups in total. The number of ether oxygens (including phenoxy) is 1. The quantitative estimate of drug-likeness (QED) is 0.874. The van der Waals surface area contributed by atoms with E-state index in [0.717, 1.165) is 6.07 Å². The Morgan fingerprint density at radius 1 is 1.62 bits per heavy atom. The largest absolute Gasteiger partial charge is 0.495 e. The van der Waals surface area contributed by atoms with Crippen LogP contribution in [-0.4, -0.2) is 18.2 Å². The maximum absolute atomic E-state index is 13.0. The normalized spacial score (nSPS) is 9.77. The van der Waals surface area contributed by atoms with Gasteiger partial charge in [-0.25, -0.2) is 9.18 Å². The van der Waals surface area contributed by atoms with Crippen LogP contribution in [0.25, 0.3) is 0 Å². The minimum absolute atomic E-state index is 0.125. The summed E-state index contributed by atoms with van der Waals surface area (Å²) in [5.74, 6) is -1.68. The second-order valence-corrected chi connectivity index (χ2v) is 3.07. The van der Waals surface area contributed by atoms with E-state index in [0.29, 0.717) is 0 Å². The Labute approximate surface area is 82.3 Å². The van der Waals surface area contributed by atoms with Gasteiger partial charge in [-0.3, -0.25) is 0 Å². The molecule has 0 atom stereocenters. The summed E-state index contributed by atoms with van der Waals surface area (Å²) in [6.45, 7) is 0. The Morgan fingerprint density at radius 3 is 2.69 bits per heavy atom. The van der Waals surface area contributed by atoms with Gasteiger partial charge in [0.05, 0.1) is 17.1 Å². The van der Waals surface area contributed by atoms with Gasteiger partial charge in [-0.1, -0.05) is 0 Å². The van der Waals surface area contributed by atoms with Crippen LogP contribution < -0.4 is 4.74 Å². The lowest BCUT2D eigenvalue weighted by Gasteiger charge is -2.04. The highest BCUT2D eigenvalue weighted by Crippen LogP contribution is 2.28. The fraction of sp³-hybridized carbons (Fsp3) is 0.125. The van der Waals surface area contributed by atoms with Crippen LogP contribution in [0.15, 0.2) is 16.6 Å². The van der Waals surface area contributed by atoms with Crippen molar-refractivity contribution in [3.05, 3.63) is 28.0 Å². The molecule has 0 unspecified atom stereocenters. The van der Waals surface area contributed by atoms with Crippen molar-refractivity contribution in [2.45, 2.75) is 0 Å². The highest BCUT2D eigenvalue weighted by atomic mass is 79.9. The molecule has 1 rings (SSSR count). The maximum atomic E-state index is 13.0. The molecule has 5 heteroatoms. The smallest absolute Gasteiger partial charge is 0.335 e. The van der Waals surface area contributed by atoms with Gasteiger partial charge in [0.2, 0.25) is 0 Å². The molecule has 3 nitrogen and oxygen atoms in total. The monoisotopic (exact) mass is 248 g/mol.